The summed E-state index contributed by atoms with van der Waals surface area (Å²) in [5.74, 6) is -1.44. The van der Waals surface area contributed by atoms with E-state index in [0.29, 0.717) is 12.0 Å². The van der Waals surface area contributed by atoms with Crippen molar-refractivity contribution in [2.45, 2.75) is 92.0 Å². The largest absolute Gasteiger partial charge is 0.466 e. The molecular formula is C27H43N3O6. The lowest BCUT2D eigenvalue weighted by Gasteiger charge is -2.38. The minimum atomic E-state index is -0.965. The standard InChI is InChI=1S/C27H43N3O6/c1-9-19(5)22(29-26(34)36-27(6,7)8)25(33)30(18(3)4)23(20-14-12-11-13-15-20)24(32)28-17-16-21(31)35-10-2/h11-15,18-19,22-23H,9-10,16-17H2,1-8H3,(H,28,32)(H,29,34). The number of hydrogen-bond donors (Lipinski definition) is 2. The summed E-state index contributed by atoms with van der Waals surface area (Å²) in [5, 5.41) is 5.50. The third kappa shape index (κ3) is 9.87. The first-order chi connectivity index (χ1) is 16.8. The number of ether oxygens (including phenoxy) is 2. The predicted octanol–water partition coefficient (Wildman–Crippen LogP) is 3.97. The van der Waals surface area contributed by atoms with Crippen LogP contribution in [0.2, 0.25) is 0 Å². The number of rotatable bonds is 12. The molecule has 0 spiro atoms. The van der Waals surface area contributed by atoms with Crippen molar-refractivity contribution >= 4 is 23.9 Å². The Hall–Kier alpha value is -3.10. The molecule has 1 aromatic rings. The second-order valence-corrected chi connectivity index (χ2v) is 10.0. The van der Waals surface area contributed by atoms with Gasteiger partial charge in [-0.05, 0) is 53.0 Å². The predicted molar refractivity (Wildman–Crippen MR) is 138 cm³/mol. The van der Waals surface area contributed by atoms with Gasteiger partial charge in [-0.2, -0.15) is 0 Å². The summed E-state index contributed by atoms with van der Waals surface area (Å²) in [7, 11) is 0. The average Bonchev–Trinajstić information content (AvgIpc) is 2.79. The monoisotopic (exact) mass is 505 g/mol. The van der Waals surface area contributed by atoms with E-state index in [1.807, 2.05) is 33.8 Å². The zero-order valence-electron chi connectivity index (χ0n) is 22.9. The molecule has 9 heteroatoms. The van der Waals surface area contributed by atoms with Gasteiger partial charge in [-0.15, -0.1) is 0 Å². The van der Waals surface area contributed by atoms with Gasteiger partial charge in [0.2, 0.25) is 11.8 Å². The average molecular weight is 506 g/mol. The fourth-order valence-electron chi connectivity index (χ4n) is 3.65. The summed E-state index contributed by atoms with van der Waals surface area (Å²) in [6, 6.07) is 6.73. The summed E-state index contributed by atoms with van der Waals surface area (Å²) >= 11 is 0. The molecule has 0 aromatic heterocycles. The van der Waals surface area contributed by atoms with Crippen molar-refractivity contribution in [2.75, 3.05) is 13.2 Å². The van der Waals surface area contributed by atoms with E-state index in [1.54, 1.807) is 52.0 Å². The topological polar surface area (TPSA) is 114 Å². The number of hydrogen-bond acceptors (Lipinski definition) is 6. The number of alkyl carbamates (subject to hydrolysis) is 1. The van der Waals surface area contributed by atoms with Crippen molar-refractivity contribution in [1.29, 1.82) is 0 Å². The zero-order valence-corrected chi connectivity index (χ0v) is 22.9. The van der Waals surface area contributed by atoms with Gasteiger partial charge in [0.1, 0.15) is 17.7 Å². The molecule has 0 bridgehead atoms. The molecule has 0 saturated heterocycles. The van der Waals surface area contributed by atoms with Crippen LogP contribution < -0.4 is 10.6 Å². The maximum Gasteiger partial charge on any atom is 0.408 e. The molecule has 0 aliphatic heterocycles. The number of carbonyl (C=O) groups is 4. The van der Waals surface area contributed by atoms with Gasteiger partial charge in [0.15, 0.2) is 0 Å². The number of benzene rings is 1. The van der Waals surface area contributed by atoms with Gasteiger partial charge in [0.25, 0.3) is 0 Å². The molecule has 0 aliphatic rings. The van der Waals surface area contributed by atoms with Crippen LogP contribution in [0.15, 0.2) is 30.3 Å². The molecule has 202 valence electrons. The lowest BCUT2D eigenvalue weighted by Crippen LogP contribution is -2.57. The molecule has 0 heterocycles. The molecule has 0 aliphatic carbocycles. The third-order valence-corrected chi connectivity index (χ3v) is 5.54. The Morgan fingerprint density at radius 1 is 1.00 bits per heavy atom. The fourth-order valence-corrected chi connectivity index (χ4v) is 3.65. The maximum absolute atomic E-state index is 14.0. The molecule has 36 heavy (non-hydrogen) atoms. The van der Waals surface area contributed by atoms with E-state index >= 15 is 0 Å². The van der Waals surface area contributed by atoms with Crippen molar-refractivity contribution < 1.29 is 28.7 Å². The summed E-state index contributed by atoms with van der Waals surface area (Å²) in [5.41, 5.74) is -0.107. The van der Waals surface area contributed by atoms with E-state index in [1.165, 1.54) is 4.90 Å². The van der Waals surface area contributed by atoms with Crippen LogP contribution >= 0.6 is 0 Å². The summed E-state index contributed by atoms with van der Waals surface area (Å²) < 4.78 is 10.3. The van der Waals surface area contributed by atoms with Crippen LogP contribution in [0.1, 0.15) is 79.8 Å². The molecule has 0 fully saturated rings. The van der Waals surface area contributed by atoms with Crippen LogP contribution in [0.3, 0.4) is 0 Å². The number of nitrogens with zero attached hydrogens (tertiary/aromatic N) is 1. The molecule has 9 nitrogen and oxygen atoms in total. The number of esters is 1. The summed E-state index contributed by atoms with van der Waals surface area (Å²) in [4.78, 5) is 53.2. The number of amides is 3. The second-order valence-electron chi connectivity index (χ2n) is 10.0. The molecular weight excluding hydrogens is 462 g/mol. The third-order valence-electron chi connectivity index (χ3n) is 5.54. The summed E-state index contributed by atoms with van der Waals surface area (Å²) in [6.45, 7) is 14.7. The van der Waals surface area contributed by atoms with Crippen molar-refractivity contribution in [3.63, 3.8) is 0 Å². The van der Waals surface area contributed by atoms with E-state index < -0.39 is 35.7 Å². The molecule has 1 aromatic carbocycles. The SMILES string of the molecule is CCOC(=O)CCNC(=O)C(c1ccccc1)N(C(=O)C(NC(=O)OC(C)(C)C)C(C)CC)C(C)C. The van der Waals surface area contributed by atoms with Gasteiger partial charge >= 0.3 is 12.1 Å². The summed E-state index contributed by atoms with van der Waals surface area (Å²) in [6.07, 6.45) is -0.0493. The Kier molecular flexibility index (Phi) is 12.4. The first kappa shape index (κ1) is 30.9. The maximum atomic E-state index is 14.0. The van der Waals surface area contributed by atoms with E-state index in [0.717, 1.165) is 0 Å². The van der Waals surface area contributed by atoms with Gasteiger partial charge in [-0.3, -0.25) is 14.4 Å². The van der Waals surface area contributed by atoms with Crippen LogP contribution in [0.4, 0.5) is 4.79 Å². The molecule has 2 N–H and O–H groups in total. The molecule has 1 rings (SSSR count). The van der Waals surface area contributed by atoms with Crippen LogP contribution in [-0.4, -0.2) is 59.6 Å². The van der Waals surface area contributed by atoms with E-state index in [9.17, 15) is 19.2 Å². The Morgan fingerprint density at radius 2 is 1.61 bits per heavy atom. The minimum absolute atomic E-state index is 0.0202. The fraction of sp³-hybridized carbons (Fsp3) is 0.630. The molecule has 3 amide bonds. The van der Waals surface area contributed by atoms with Crippen molar-refractivity contribution in [3.8, 4) is 0 Å². The van der Waals surface area contributed by atoms with Crippen LogP contribution in [0, 0.1) is 5.92 Å². The van der Waals surface area contributed by atoms with Gasteiger partial charge < -0.3 is 25.0 Å². The van der Waals surface area contributed by atoms with Gasteiger partial charge in [0.05, 0.1) is 13.0 Å². The Morgan fingerprint density at radius 3 is 2.11 bits per heavy atom. The normalized spacial score (nSPS) is 13.8. The zero-order chi connectivity index (χ0) is 27.5. The van der Waals surface area contributed by atoms with Gasteiger partial charge in [-0.25, -0.2) is 4.79 Å². The second kappa shape index (κ2) is 14.5. The van der Waals surface area contributed by atoms with Crippen LogP contribution in [0.25, 0.3) is 0 Å². The molecule has 0 saturated carbocycles. The van der Waals surface area contributed by atoms with Crippen molar-refractivity contribution in [3.05, 3.63) is 35.9 Å². The van der Waals surface area contributed by atoms with Crippen molar-refractivity contribution in [2.24, 2.45) is 5.92 Å². The molecule has 3 atom stereocenters. The van der Waals surface area contributed by atoms with Crippen molar-refractivity contribution in [1.82, 2.24) is 15.5 Å². The highest BCUT2D eigenvalue weighted by Gasteiger charge is 2.39. The highest BCUT2D eigenvalue weighted by Crippen LogP contribution is 2.26. The quantitative estimate of drug-likeness (QED) is 0.416. The van der Waals surface area contributed by atoms with Gasteiger partial charge in [0, 0.05) is 12.6 Å². The first-order valence-electron chi connectivity index (χ1n) is 12.6. The highest BCUT2D eigenvalue weighted by molar-refractivity contribution is 5.92. The van der Waals surface area contributed by atoms with Gasteiger partial charge in [-0.1, -0.05) is 50.6 Å². The number of carbonyl (C=O) groups excluding carboxylic acids is 4. The number of nitrogens with one attached hydrogen (secondary N) is 2. The smallest absolute Gasteiger partial charge is 0.408 e. The Bertz CT molecular complexity index is 866. The first-order valence-corrected chi connectivity index (χ1v) is 12.6. The lowest BCUT2D eigenvalue weighted by molar-refractivity contribution is -0.146. The Balaban J connectivity index is 3.32. The Labute approximate surface area is 215 Å². The van der Waals surface area contributed by atoms with E-state index in [4.69, 9.17) is 9.47 Å². The van der Waals surface area contributed by atoms with E-state index in [-0.39, 0.29) is 37.4 Å². The molecule has 0 radical (unpaired) electrons. The van der Waals surface area contributed by atoms with E-state index in [2.05, 4.69) is 10.6 Å². The molecule has 3 unspecified atom stereocenters. The highest BCUT2D eigenvalue weighted by atomic mass is 16.6. The van der Waals surface area contributed by atoms with Crippen LogP contribution in [-0.2, 0) is 23.9 Å². The minimum Gasteiger partial charge on any atom is -0.466 e. The lowest BCUT2D eigenvalue weighted by atomic mass is 9.95. The van der Waals surface area contributed by atoms with Crippen LogP contribution in [0.5, 0.6) is 0 Å².